The van der Waals surface area contributed by atoms with E-state index in [9.17, 15) is 0 Å². The van der Waals surface area contributed by atoms with Gasteiger partial charge in [-0.3, -0.25) is 0 Å². The Hall–Kier alpha value is -0.510. The average Bonchev–Trinajstić information content (AvgIpc) is 2.92. The van der Waals surface area contributed by atoms with Crippen molar-refractivity contribution in [2.75, 3.05) is 0 Å². The van der Waals surface area contributed by atoms with Crippen molar-refractivity contribution in [3.05, 3.63) is 51.3 Å². The van der Waals surface area contributed by atoms with Crippen LogP contribution < -0.4 is 21.7 Å². The van der Waals surface area contributed by atoms with E-state index in [0.717, 1.165) is 23.7 Å². The van der Waals surface area contributed by atoms with Gasteiger partial charge in [0.15, 0.2) is 6.54 Å². The fourth-order valence-corrected chi connectivity index (χ4v) is 4.37. The molecule has 0 aliphatic heterocycles. The average molecular weight is 504 g/mol. The van der Waals surface area contributed by atoms with Crippen molar-refractivity contribution in [1.82, 2.24) is 4.68 Å². The van der Waals surface area contributed by atoms with Gasteiger partial charge in [0, 0.05) is 23.6 Å². The summed E-state index contributed by atoms with van der Waals surface area (Å²) in [6.45, 7) is 8.51. The van der Waals surface area contributed by atoms with Crippen LogP contribution in [0.3, 0.4) is 0 Å². The lowest BCUT2D eigenvalue weighted by Gasteiger charge is -2.08. The molecule has 2 rings (SSSR count). The fraction of sp³-hybridized carbons (Fsp3) is 0.625. The van der Waals surface area contributed by atoms with Crippen molar-refractivity contribution < 1.29 is 21.7 Å². The molecule has 0 bridgehead atoms. The SMILES string of the molecule is CCCCCCCCCCCCn1c(C)cc(C)[n+]1Cc1ccc(Cl)cc1Cl.[Br-]. The molecule has 0 saturated carbocycles. The molecule has 1 heterocycles. The number of halogens is 3. The first-order valence-corrected chi connectivity index (χ1v) is 11.8. The lowest BCUT2D eigenvalue weighted by molar-refractivity contribution is -0.773. The van der Waals surface area contributed by atoms with E-state index in [2.05, 4.69) is 36.2 Å². The van der Waals surface area contributed by atoms with Crippen molar-refractivity contribution in [2.45, 2.75) is 98.1 Å². The van der Waals surface area contributed by atoms with Gasteiger partial charge in [0.05, 0.1) is 17.3 Å². The first-order chi connectivity index (χ1) is 13.5. The number of aromatic nitrogens is 2. The Morgan fingerprint density at radius 1 is 0.828 bits per heavy atom. The van der Waals surface area contributed by atoms with Crippen LogP contribution in [0, 0.1) is 13.8 Å². The van der Waals surface area contributed by atoms with Gasteiger partial charge in [0.2, 0.25) is 5.69 Å². The number of nitrogens with zero attached hydrogens (tertiary/aromatic N) is 2. The summed E-state index contributed by atoms with van der Waals surface area (Å²) in [6, 6.07) is 8.04. The molecule has 0 unspecified atom stereocenters. The zero-order valence-corrected chi connectivity index (χ0v) is 21.4. The van der Waals surface area contributed by atoms with E-state index in [1.165, 1.54) is 75.6 Å². The van der Waals surface area contributed by atoms with Crippen LogP contribution in [-0.4, -0.2) is 4.68 Å². The number of hydrogen-bond acceptors (Lipinski definition) is 0. The molecular weight excluding hydrogens is 467 g/mol. The van der Waals surface area contributed by atoms with Crippen LogP contribution in [-0.2, 0) is 13.1 Å². The molecule has 0 N–H and O–H groups in total. The molecule has 0 fully saturated rings. The van der Waals surface area contributed by atoms with Gasteiger partial charge >= 0.3 is 0 Å². The first kappa shape index (κ1) is 26.5. The van der Waals surface area contributed by atoms with Crippen LogP contribution in [0.2, 0.25) is 10.0 Å². The van der Waals surface area contributed by atoms with E-state index in [1.54, 1.807) is 0 Å². The van der Waals surface area contributed by atoms with E-state index < -0.39 is 0 Å². The summed E-state index contributed by atoms with van der Waals surface area (Å²) in [7, 11) is 0. The monoisotopic (exact) mass is 502 g/mol. The summed E-state index contributed by atoms with van der Waals surface area (Å²) in [5.41, 5.74) is 3.70. The van der Waals surface area contributed by atoms with Gasteiger partial charge in [-0.2, -0.15) is 4.68 Å². The molecule has 1 aromatic heterocycles. The van der Waals surface area contributed by atoms with Crippen LogP contribution in [0.15, 0.2) is 24.3 Å². The number of hydrogen-bond donors (Lipinski definition) is 0. The van der Waals surface area contributed by atoms with Gasteiger partial charge in [-0.15, -0.1) is 4.68 Å². The Kier molecular flexibility index (Phi) is 13.3. The Balaban J connectivity index is 0.00000420. The van der Waals surface area contributed by atoms with Crippen LogP contribution in [0.5, 0.6) is 0 Å². The van der Waals surface area contributed by atoms with Gasteiger partial charge in [0.1, 0.15) is 0 Å². The second kappa shape index (κ2) is 14.5. The van der Waals surface area contributed by atoms with Crippen LogP contribution in [0.4, 0.5) is 0 Å². The van der Waals surface area contributed by atoms with Crippen molar-refractivity contribution in [2.24, 2.45) is 0 Å². The standard InChI is InChI=1S/C24H37Cl2N2.BrH/c1-4-5-6-7-8-9-10-11-12-13-16-27-20(2)17-21(3)28(27)19-22-14-15-23(25)18-24(22)26;/h14-15,17-18H,4-13,16,19H2,1-3H3;1H/q+1;/p-1. The molecule has 0 radical (unpaired) electrons. The lowest BCUT2D eigenvalue weighted by Crippen LogP contribution is -3.00. The quantitative estimate of drug-likeness (QED) is 0.277. The first-order valence-electron chi connectivity index (χ1n) is 11.0. The summed E-state index contributed by atoms with van der Waals surface area (Å²) in [5, 5.41) is 1.43. The van der Waals surface area contributed by atoms with E-state index in [1.807, 2.05) is 18.2 Å². The second-order valence-corrected chi connectivity index (χ2v) is 8.87. The van der Waals surface area contributed by atoms with Gasteiger partial charge in [-0.25, -0.2) is 0 Å². The molecule has 1 aromatic carbocycles. The molecule has 0 atom stereocenters. The molecule has 0 saturated heterocycles. The van der Waals surface area contributed by atoms with Crippen molar-refractivity contribution in [3.8, 4) is 0 Å². The maximum absolute atomic E-state index is 6.40. The molecular formula is C24H37BrCl2N2. The second-order valence-electron chi connectivity index (χ2n) is 8.03. The predicted molar refractivity (Wildman–Crippen MR) is 122 cm³/mol. The van der Waals surface area contributed by atoms with Gasteiger partial charge < -0.3 is 17.0 Å². The molecule has 0 aliphatic carbocycles. The Morgan fingerprint density at radius 2 is 1.41 bits per heavy atom. The number of benzene rings is 1. The molecule has 164 valence electrons. The number of rotatable bonds is 13. The van der Waals surface area contributed by atoms with Crippen molar-refractivity contribution >= 4 is 23.2 Å². The molecule has 0 amide bonds. The van der Waals surface area contributed by atoms with Crippen LogP contribution >= 0.6 is 23.2 Å². The van der Waals surface area contributed by atoms with Gasteiger partial charge in [-0.05, 0) is 31.5 Å². The largest absolute Gasteiger partial charge is 1.00 e. The molecule has 29 heavy (non-hydrogen) atoms. The maximum Gasteiger partial charge on any atom is 0.205 e. The Bertz CT molecular complexity index is 728. The summed E-state index contributed by atoms with van der Waals surface area (Å²) in [6.07, 6.45) is 13.7. The van der Waals surface area contributed by atoms with E-state index in [4.69, 9.17) is 23.2 Å². The van der Waals surface area contributed by atoms with Crippen LogP contribution in [0.25, 0.3) is 0 Å². The number of aryl methyl sites for hydroxylation is 2. The lowest BCUT2D eigenvalue weighted by atomic mass is 10.1. The minimum atomic E-state index is 0. The Labute approximate surface area is 198 Å². The highest BCUT2D eigenvalue weighted by Crippen LogP contribution is 2.21. The van der Waals surface area contributed by atoms with Crippen LogP contribution in [0.1, 0.15) is 88.1 Å². The Morgan fingerprint density at radius 3 is 2.00 bits per heavy atom. The fourth-order valence-electron chi connectivity index (χ4n) is 3.90. The summed E-state index contributed by atoms with van der Waals surface area (Å²) >= 11 is 12.4. The molecule has 5 heteroatoms. The highest BCUT2D eigenvalue weighted by atomic mass is 79.9. The summed E-state index contributed by atoms with van der Waals surface area (Å²) in [5.74, 6) is 0. The van der Waals surface area contributed by atoms with Crippen molar-refractivity contribution in [3.63, 3.8) is 0 Å². The van der Waals surface area contributed by atoms with Gasteiger partial charge in [0.25, 0.3) is 0 Å². The third-order valence-electron chi connectivity index (χ3n) is 5.58. The van der Waals surface area contributed by atoms with Crippen molar-refractivity contribution in [1.29, 1.82) is 0 Å². The zero-order chi connectivity index (χ0) is 20.4. The highest BCUT2D eigenvalue weighted by molar-refractivity contribution is 6.35. The maximum atomic E-state index is 6.40. The summed E-state index contributed by atoms with van der Waals surface area (Å²) in [4.78, 5) is 0. The number of unbranched alkanes of at least 4 members (excludes halogenated alkanes) is 9. The molecule has 2 nitrogen and oxygen atoms in total. The smallest absolute Gasteiger partial charge is 0.205 e. The molecule has 0 aliphatic rings. The predicted octanol–water partition coefficient (Wildman–Crippen LogP) is 4.67. The highest BCUT2D eigenvalue weighted by Gasteiger charge is 2.19. The topological polar surface area (TPSA) is 8.81 Å². The normalized spacial score (nSPS) is 10.9. The zero-order valence-electron chi connectivity index (χ0n) is 18.3. The molecule has 2 aromatic rings. The van der Waals surface area contributed by atoms with E-state index in [0.29, 0.717) is 5.02 Å². The molecule has 0 spiro atoms. The third-order valence-corrected chi connectivity index (χ3v) is 6.17. The minimum Gasteiger partial charge on any atom is -1.00 e. The van der Waals surface area contributed by atoms with E-state index >= 15 is 0 Å². The minimum absolute atomic E-state index is 0. The third kappa shape index (κ3) is 9.02. The van der Waals surface area contributed by atoms with Gasteiger partial charge in [-0.1, -0.05) is 87.9 Å². The summed E-state index contributed by atoms with van der Waals surface area (Å²) < 4.78 is 4.75. The van der Waals surface area contributed by atoms with E-state index in [-0.39, 0.29) is 17.0 Å².